The van der Waals surface area contributed by atoms with Gasteiger partial charge in [-0.25, -0.2) is 0 Å². The van der Waals surface area contributed by atoms with Gasteiger partial charge in [0, 0.05) is 61.3 Å². The van der Waals surface area contributed by atoms with E-state index in [2.05, 4.69) is 80.9 Å². The van der Waals surface area contributed by atoms with Gasteiger partial charge in [0.1, 0.15) is 12.2 Å². The van der Waals surface area contributed by atoms with Crippen LogP contribution in [0.1, 0.15) is 161 Å². The largest absolute Gasteiger partial charge is 0.854 e. The van der Waals surface area contributed by atoms with Crippen molar-refractivity contribution in [1.29, 1.82) is 0 Å². The van der Waals surface area contributed by atoms with E-state index < -0.39 is 31.5 Å². The second-order valence-electron chi connectivity index (χ2n) is 17.2. The fourth-order valence-electron chi connectivity index (χ4n) is 6.44. The third-order valence-corrected chi connectivity index (χ3v) is 12.9. The Kier molecular flexibility index (Phi) is 74.2. The Hall–Kier alpha value is -0.600. The van der Waals surface area contributed by atoms with Crippen LogP contribution in [0.15, 0.2) is 0 Å². The number of methoxy groups -OCH3 is 7. The van der Waals surface area contributed by atoms with Crippen LogP contribution >= 0.6 is 0 Å². The zero-order valence-electron chi connectivity index (χ0n) is 46.6. The van der Waals surface area contributed by atoms with Gasteiger partial charge in [-0.2, -0.15) is 0 Å². The highest BCUT2D eigenvalue weighted by atomic mass is 16.5. The van der Waals surface area contributed by atoms with Crippen molar-refractivity contribution >= 4 is 0 Å². The summed E-state index contributed by atoms with van der Waals surface area (Å²) in [5.41, 5.74) is 0.830. The van der Waals surface area contributed by atoms with Gasteiger partial charge in [-0.3, -0.25) is 0 Å². The Morgan fingerprint density at radius 1 is 0.418 bits per heavy atom. The molecule has 0 fully saturated rings. The van der Waals surface area contributed by atoms with Gasteiger partial charge in [0.2, 0.25) is 0 Å². The molecule has 0 aromatic heterocycles. The van der Waals surface area contributed by atoms with Crippen LogP contribution in [0.3, 0.4) is 0 Å². The summed E-state index contributed by atoms with van der Waals surface area (Å²) in [6, 6.07) is 0. The molecule has 0 radical (unpaired) electrons. The van der Waals surface area contributed by atoms with E-state index in [0.29, 0.717) is 50.5 Å². The highest BCUT2D eigenvalue weighted by molar-refractivity contribution is 4.78. The van der Waals surface area contributed by atoms with Gasteiger partial charge in [0.05, 0.1) is 71.5 Å². The molecule has 2 unspecified atom stereocenters. The summed E-state index contributed by atoms with van der Waals surface area (Å²) < 4.78 is 39.6. The number of ether oxygens (including phenoxy) is 8. The minimum Gasteiger partial charge on any atom is -0.854 e. The molecule has 2 atom stereocenters. The first-order chi connectivity index (χ1) is 31.3. The molecule has 0 aliphatic rings. The second kappa shape index (κ2) is 59.7. The lowest BCUT2D eigenvalue weighted by molar-refractivity contribution is -0.430. The first kappa shape index (κ1) is 83.3. The number of hydrogen-bond donors (Lipinski definition) is 4. The summed E-state index contributed by atoms with van der Waals surface area (Å²) in [7, 11) is 11.2. The maximum absolute atomic E-state index is 10.8. The zero-order chi connectivity index (χ0) is 52.9. The molecule has 0 bridgehead atoms. The maximum atomic E-state index is 10.8. The third kappa shape index (κ3) is 48.8. The van der Waals surface area contributed by atoms with Crippen LogP contribution in [-0.4, -0.2) is 174 Å². The topological polar surface area (TPSA) is 224 Å². The highest BCUT2D eigenvalue weighted by Crippen LogP contribution is 2.34. The second-order valence-corrected chi connectivity index (χ2v) is 17.2. The van der Waals surface area contributed by atoms with E-state index in [0.717, 1.165) is 12.3 Å². The van der Waals surface area contributed by atoms with Crippen molar-refractivity contribution in [2.75, 3.05) is 136 Å². The summed E-state index contributed by atoms with van der Waals surface area (Å²) in [4.78, 5) is 0. The molecular weight excluding hydrogens is 865 g/mol. The zero-order valence-corrected chi connectivity index (χ0v) is 46.6. The van der Waals surface area contributed by atoms with E-state index >= 15 is 0 Å². The van der Waals surface area contributed by atoms with Gasteiger partial charge in [0.15, 0.2) is 0 Å². The monoisotopic (exact) mass is 982 g/mol. The normalized spacial score (nSPS) is 12.2. The molecule has 0 rings (SSSR count). The van der Waals surface area contributed by atoms with Crippen molar-refractivity contribution < 1.29 is 73.6 Å². The van der Waals surface area contributed by atoms with Gasteiger partial charge < -0.3 is 73.6 Å². The molecule has 15 nitrogen and oxygen atoms in total. The van der Waals surface area contributed by atoms with Gasteiger partial charge in [-0.05, 0) is 23.2 Å². The minimum absolute atomic E-state index is 0. The Bertz CT molecular complexity index is 743. The van der Waals surface area contributed by atoms with Gasteiger partial charge in [-0.15, -0.1) is 19.8 Å². The van der Waals surface area contributed by atoms with Gasteiger partial charge in [0.25, 0.3) is 0 Å². The lowest BCUT2D eigenvalue weighted by atomic mass is 9.78. The number of aliphatic hydroxyl groups is 4. The predicted molar refractivity (Wildman–Crippen MR) is 272 cm³/mol. The summed E-state index contributed by atoms with van der Waals surface area (Å²) in [5.74, 6) is 0.935. The van der Waals surface area contributed by atoms with Crippen LogP contribution in [0.2, 0.25) is 0 Å². The minimum atomic E-state index is -0.916. The van der Waals surface area contributed by atoms with E-state index in [4.69, 9.17) is 53.6 Å². The number of rotatable bonds is 33. The molecule has 0 spiro atoms. The molecule has 0 aromatic carbocycles. The molecule has 0 amide bonds. The van der Waals surface area contributed by atoms with E-state index in [1.165, 1.54) is 71.3 Å². The molecule has 0 saturated heterocycles. The molecular formula is C52H117O15-3. The fraction of sp³-hybridized carbons (Fsp3) is 1.00. The molecule has 418 valence electrons. The summed E-state index contributed by atoms with van der Waals surface area (Å²) in [6.45, 7) is 28.6. The van der Waals surface area contributed by atoms with Crippen molar-refractivity contribution in [3.8, 4) is 0 Å². The van der Waals surface area contributed by atoms with Crippen molar-refractivity contribution in [2.45, 2.75) is 179 Å². The van der Waals surface area contributed by atoms with Crippen molar-refractivity contribution in [3.05, 3.63) is 0 Å². The van der Waals surface area contributed by atoms with Gasteiger partial charge >= 0.3 is 0 Å². The molecule has 0 aromatic rings. The van der Waals surface area contributed by atoms with Crippen LogP contribution in [0.4, 0.5) is 0 Å². The lowest BCUT2D eigenvalue weighted by Crippen LogP contribution is -2.40. The van der Waals surface area contributed by atoms with E-state index in [-0.39, 0.29) is 51.3 Å². The maximum Gasteiger partial charge on any atom is 0.100 e. The predicted octanol–water partition coefficient (Wildman–Crippen LogP) is 6.33. The molecule has 0 heterocycles. The average Bonchev–Trinajstić information content (AvgIpc) is 3.35. The van der Waals surface area contributed by atoms with Crippen LogP contribution in [0, 0.1) is 27.6 Å². The van der Waals surface area contributed by atoms with Crippen LogP contribution < -0.4 is 15.3 Å². The van der Waals surface area contributed by atoms with Crippen molar-refractivity contribution in [3.63, 3.8) is 0 Å². The number of hydrogen-bond acceptors (Lipinski definition) is 15. The average molecular weight is 982 g/mol. The first-order valence-electron chi connectivity index (χ1n) is 24.7. The van der Waals surface area contributed by atoms with E-state index in [1.807, 2.05) is 6.92 Å². The van der Waals surface area contributed by atoms with Crippen molar-refractivity contribution in [1.82, 2.24) is 0 Å². The summed E-state index contributed by atoms with van der Waals surface area (Å²) >= 11 is 0. The fourth-order valence-corrected chi connectivity index (χ4v) is 6.44. The quantitative estimate of drug-likeness (QED) is 0.0564. The molecule has 4 N–H and O–H groups in total. The standard InChI is InChI=1S/C9H20O4.2C9H20.C8H17O3.C6H14O5.C6H14.C4H8O3.CH4/c1-10-5-9(6-11-2,7-12-3)8-13-4;2*1-5-9(6-2,7-3)8-4;1-4-8(5-9,6-10-2)7-11-3;7-1-5(9)3-11-4-6(10)2-8;1-4-6(3)5-2;1-7-4(2-5)3-6;/h5-8H2,1-4H3;2*5-8H2,1-4H3;4-7H2,1-3H3;5-10H,1-4H2;6H,4-5H2,1-3H3;4H,2-3H2,1H3;1H4/q;;;-1;;;-2;. The van der Waals surface area contributed by atoms with Crippen molar-refractivity contribution in [2.24, 2.45) is 27.6 Å². The lowest BCUT2D eigenvalue weighted by Gasteiger charge is -2.34. The first-order valence-corrected chi connectivity index (χ1v) is 24.7. The summed E-state index contributed by atoms with van der Waals surface area (Å²) in [6.07, 6.45) is 11.8. The third-order valence-electron chi connectivity index (χ3n) is 12.9. The highest BCUT2D eigenvalue weighted by Gasteiger charge is 2.31. The molecule has 0 aliphatic heterocycles. The van der Waals surface area contributed by atoms with E-state index in [9.17, 15) is 15.3 Å². The molecule has 67 heavy (non-hydrogen) atoms. The van der Waals surface area contributed by atoms with Crippen LogP contribution in [-0.2, 0) is 37.9 Å². The van der Waals surface area contributed by atoms with Gasteiger partial charge in [-0.1, -0.05) is 155 Å². The van der Waals surface area contributed by atoms with Crippen LogP contribution in [0.5, 0.6) is 0 Å². The Labute approximate surface area is 415 Å². The summed E-state index contributed by atoms with van der Waals surface area (Å²) in [5, 5.41) is 64.4. The number of aliphatic hydroxyl groups excluding tert-OH is 4. The Morgan fingerprint density at radius 2 is 0.657 bits per heavy atom. The molecule has 0 saturated carbocycles. The molecule has 15 heteroatoms. The SMILES string of the molecule is C.CCC(C)CC.CCC(CC)(CC)CC.CCC(CC)(CC)CC.CCC(C[O-])(COC)COC.COC(C[O-])C[O-].COCC(COC)(COC)COC.OCC(O)COCC(O)CO. The Balaban J connectivity index is -0.000000102. The van der Waals surface area contributed by atoms with E-state index in [1.54, 1.807) is 42.7 Å². The smallest absolute Gasteiger partial charge is 0.100 e. The molecule has 0 aliphatic carbocycles. The van der Waals surface area contributed by atoms with Crippen LogP contribution in [0.25, 0.3) is 0 Å². The Morgan fingerprint density at radius 3 is 0.761 bits per heavy atom.